The molecular weight excluding hydrogens is 274 g/mol. The molecule has 0 aromatic heterocycles. The van der Waals surface area contributed by atoms with Gasteiger partial charge in [0.1, 0.15) is 5.75 Å². The molecule has 0 spiro atoms. The van der Waals surface area contributed by atoms with Gasteiger partial charge in [-0.05, 0) is 30.2 Å². The highest BCUT2D eigenvalue weighted by Crippen LogP contribution is 2.31. The second-order valence-corrected chi connectivity index (χ2v) is 5.06. The van der Waals surface area contributed by atoms with E-state index in [2.05, 4.69) is 6.58 Å². The number of rotatable bonds is 3. The third-order valence-electron chi connectivity index (χ3n) is 3.58. The van der Waals surface area contributed by atoms with E-state index in [0.717, 1.165) is 11.3 Å². The standard InChI is InChI=1S/C19H17NO2/c1-2-8-16-14-13-15-9-6-7-12-18(15)20(16)19(21)22-17-10-4-3-5-11-17/h2-7,9-14,16H,1,8H2. The molecule has 3 nitrogen and oxygen atoms in total. The normalized spacial score (nSPS) is 16.0. The Balaban J connectivity index is 1.92. The van der Waals surface area contributed by atoms with Crippen LogP contribution in [0, 0.1) is 0 Å². The molecule has 3 heteroatoms. The minimum Gasteiger partial charge on any atom is -0.410 e. The van der Waals surface area contributed by atoms with Crippen molar-refractivity contribution in [3.8, 4) is 5.75 Å². The van der Waals surface area contributed by atoms with Crippen LogP contribution < -0.4 is 9.64 Å². The lowest BCUT2D eigenvalue weighted by molar-refractivity contribution is 0.206. The lowest BCUT2D eigenvalue weighted by atomic mass is 10.0. The summed E-state index contributed by atoms with van der Waals surface area (Å²) in [6.45, 7) is 3.78. The summed E-state index contributed by atoms with van der Waals surface area (Å²) < 4.78 is 5.51. The van der Waals surface area contributed by atoms with Crippen molar-refractivity contribution < 1.29 is 9.53 Å². The van der Waals surface area contributed by atoms with E-state index in [-0.39, 0.29) is 12.1 Å². The molecule has 22 heavy (non-hydrogen) atoms. The third-order valence-corrected chi connectivity index (χ3v) is 3.58. The monoisotopic (exact) mass is 291 g/mol. The minimum atomic E-state index is -0.380. The van der Waals surface area contributed by atoms with Crippen molar-refractivity contribution in [2.75, 3.05) is 4.90 Å². The molecule has 3 rings (SSSR count). The van der Waals surface area contributed by atoms with Crippen LogP contribution in [0.3, 0.4) is 0 Å². The number of benzene rings is 2. The fraction of sp³-hybridized carbons (Fsp3) is 0.105. The number of anilines is 1. The highest BCUT2D eigenvalue weighted by atomic mass is 16.6. The predicted molar refractivity (Wildman–Crippen MR) is 89.0 cm³/mol. The molecule has 1 aliphatic heterocycles. The van der Waals surface area contributed by atoms with Gasteiger partial charge in [-0.25, -0.2) is 4.79 Å². The highest BCUT2D eigenvalue weighted by Gasteiger charge is 2.28. The Morgan fingerprint density at radius 2 is 1.86 bits per heavy atom. The van der Waals surface area contributed by atoms with Crippen molar-refractivity contribution in [3.63, 3.8) is 0 Å². The Morgan fingerprint density at radius 3 is 2.64 bits per heavy atom. The number of nitrogens with zero attached hydrogens (tertiary/aromatic N) is 1. The van der Waals surface area contributed by atoms with Gasteiger partial charge < -0.3 is 4.74 Å². The molecule has 1 aliphatic rings. The maximum atomic E-state index is 12.7. The molecular formula is C19H17NO2. The summed E-state index contributed by atoms with van der Waals surface area (Å²) in [6.07, 6.45) is 6.15. The first kappa shape index (κ1) is 14.1. The van der Waals surface area contributed by atoms with Crippen LogP contribution in [0.25, 0.3) is 6.08 Å². The van der Waals surface area contributed by atoms with E-state index < -0.39 is 0 Å². The number of fused-ring (bicyclic) bond motifs is 1. The zero-order valence-corrected chi connectivity index (χ0v) is 12.2. The highest BCUT2D eigenvalue weighted by molar-refractivity contribution is 5.94. The summed E-state index contributed by atoms with van der Waals surface area (Å²) in [7, 11) is 0. The van der Waals surface area contributed by atoms with Crippen LogP contribution in [0.1, 0.15) is 12.0 Å². The van der Waals surface area contributed by atoms with Gasteiger partial charge in [-0.15, -0.1) is 6.58 Å². The van der Waals surface area contributed by atoms with Crippen molar-refractivity contribution in [2.45, 2.75) is 12.5 Å². The first-order valence-electron chi connectivity index (χ1n) is 7.24. The summed E-state index contributed by atoms with van der Waals surface area (Å²) >= 11 is 0. The summed E-state index contributed by atoms with van der Waals surface area (Å²) in [6, 6.07) is 16.8. The van der Waals surface area contributed by atoms with Gasteiger partial charge in [0.15, 0.2) is 0 Å². The lowest BCUT2D eigenvalue weighted by Gasteiger charge is -2.32. The van der Waals surface area contributed by atoms with Crippen LogP contribution in [0.15, 0.2) is 73.3 Å². The van der Waals surface area contributed by atoms with Crippen molar-refractivity contribution in [3.05, 3.63) is 78.9 Å². The fourth-order valence-electron chi connectivity index (χ4n) is 2.55. The van der Waals surface area contributed by atoms with Gasteiger partial charge in [0.25, 0.3) is 0 Å². The number of carbonyl (C=O) groups is 1. The summed E-state index contributed by atoms with van der Waals surface area (Å²) in [5, 5.41) is 0. The molecule has 1 amide bonds. The molecule has 0 bridgehead atoms. The van der Waals surface area contributed by atoms with Gasteiger partial charge >= 0.3 is 6.09 Å². The molecule has 0 fully saturated rings. The van der Waals surface area contributed by atoms with E-state index >= 15 is 0 Å². The van der Waals surface area contributed by atoms with E-state index in [4.69, 9.17) is 4.74 Å². The Hall–Kier alpha value is -2.81. The fourth-order valence-corrected chi connectivity index (χ4v) is 2.55. The summed E-state index contributed by atoms with van der Waals surface area (Å²) in [4.78, 5) is 14.3. The molecule has 0 aliphatic carbocycles. The van der Waals surface area contributed by atoms with Crippen molar-refractivity contribution >= 4 is 17.9 Å². The molecule has 0 N–H and O–H groups in total. The van der Waals surface area contributed by atoms with E-state index in [1.54, 1.807) is 17.0 Å². The number of amides is 1. The quantitative estimate of drug-likeness (QED) is 0.769. The second kappa shape index (κ2) is 6.31. The molecule has 0 radical (unpaired) electrons. The molecule has 110 valence electrons. The van der Waals surface area contributed by atoms with Gasteiger partial charge in [-0.2, -0.15) is 0 Å². The van der Waals surface area contributed by atoms with E-state index in [1.165, 1.54) is 0 Å². The average Bonchev–Trinajstić information content (AvgIpc) is 2.55. The summed E-state index contributed by atoms with van der Waals surface area (Å²) in [5.41, 5.74) is 1.87. The zero-order chi connectivity index (χ0) is 15.4. The first-order chi connectivity index (χ1) is 10.8. The molecule has 2 aromatic rings. The van der Waals surface area contributed by atoms with Crippen LogP contribution in [-0.2, 0) is 0 Å². The third kappa shape index (κ3) is 2.79. The van der Waals surface area contributed by atoms with Gasteiger partial charge in [0.2, 0.25) is 0 Å². The number of hydrogen-bond donors (Lipinski definition) is 0. The topological polar surface area (TPSA) is 29.5 Å². The van der Waals surface area contributed by atoms with Crippen LogP contribution in [0.2, 0.25) is 0 Å². The smallest absolute Gasteiger partial charge is 0.410 e. The largest absolute Gasteiger partial charge is 0.420 e. The molecule has 1 unspecified atom stereocenters. The van der Waals surface area contributed by atoms with Gasteiger partial charge in [0, 0.05) is 0 Å². The van der Waals surface area contributed by atoms with Crippen molar-refractivity contribution in [2.24, 2.45) is 0 Å². The molecule has 1 heterocycles. The Labute approximate surface area is 130 Å². The van der Waals surface area contributed by atoms with Gasteiger partial charge in [-0.1, -0.05) is 54.6 Å². The molecule has 0 saturated heterocycles. The first-order valence-corrected chi connectivity index (χ1v) is 7.24. The molecule has 2 aromatic carbocycles. The number of carbonyl (C=O) groups excluding carboxylic acids is 1. The number of hydrogen-bond acceptors (Lipinski definition) is 2. The SMILES string of the molecule is C=CCC1C=Cc2ccccc2N1C(=O)Oc1ccccc1. The molecule has 1 atom stereocenters. The Morgan fingerprint density at radius 1 is 1.14 bits per heavy atom. The van der Waals surface area contributed by atoms with Crippen LogP contribution in [-0.4, -0.2) is 12.1 Å². The molecule has 0 saturated carbocycles. The van der Waals surface area contributed by atoms with Crippen LogP contribution >= 0.6 is 0 Å². The summed E-state index contributed by atoms with van der Waals surface area (Å²) in [5.74, 6) is 0.539. The lowest BCUT2D eigenvalue weighted by Crippen LogP contribution is -2.42. The number of para-hydroxylation sites is 2. The van der Waals surface area contributed by atoms with Crippen molar-refractivity contribution in [1.29, 1.82) is 0 Å². The Kier molecular flexibility index (Phi) is 4.05. The van der Waals surface area contributed by atoms with Crippen LogP contribution in [0.4, 0.5) is 10.5 Å². The average molecular weight is 291 g/mol. The zero-order valence-electron chi connectivity index (χ0n) is 12.2. The minimum absolute atomic E-state index is 0.0800. The van der Waals surface area contributed by atoms with Gasteiger partial charge in [0.05, 0.1) is 11.7 Å². The maximum Gasteiger partial charge on any atom is 0.420 e. The predicted octanol–water partition coefficient (Wildman–Crippen LogP) is 4.66. The van der Waals surface area contributed by atoms with Gasteiger partial charge in [-0.3, -0.25) is 4.90 Å². The second-order valence-electron chi connectivity index (χ2n) is 5.06. The van der Waals surface area contributed by atoms with E-state index in [9.17, 15) is 4.79 Å². The Bertz CT molecular complexity index is 706. The number of ether oxygens (including phenoxy) is 1. The maximum absolute atomic E-state index is 12.7. The van der Waals surface area contributed by atoms with E-state index in [0.29, 0.717) is 12.2 Å². The van der Waals surface area contributed by atoms with Crippen molar-refractivity contribution in [1.82, 2.24) is 0 Å². The van der Waals surface area contributed by atoms with Crippen LogP contribution in [0.5, 0.6) is 5.75 Å². The van der Waals surface area contributed by atoms with E-state index in [1.807, 2.05) is 60.7 Å².